The highest BCUT2D eigenvalue weighted by Crippen LogP contribution is 2.28. The Morgan fingerprint density at radius 1 is 0.966 bits per heavy atom. The summed E-state index contributed by atoms with van der Waals surface area (Å²) in [5, 5.41) is 6.21. The van der Waals surface area contributed by atoms with E-state index >= 15 is 0 Å². The van der Waals surface area contributed by atoms with Crippen LogP contribution in [0.15, 0.2) is 54.9 Å². The number of nitrogens with two attached hydrogens (primary N) is 1. The number of rotatable bonds is 7. The van der Waals surface area contributed by atoms with Crippen LogP contribution in [0, 0.1) is 0 Å². The molecule has 0 bridgehead atoms. The van der Waals surface area contributed by atoms with Gasteiger partial charge in [-0.25, -0.2) is 14.8 Å². The van der Waals surface area contributed by atoms with Gasteiger partial charge < -0.3 is 21.1 Å². The van der Waals surface area contributed by atoms with Crippen LogP contribution in [0.5, 0.6) is 0 Å². The SMILES string of the molecule is CCOC(=O)c1ccc(Nc2ncnc(Nc3cccc(C(C)=O)c3)c2N)cc1. The van der Waals surface area contributed by atoms with E-state index in [1.807, 2.05) is 6.07 Å². The molecule has 148 valence electrons. The second kappa shape index (κ2) is 8.83. The van der Waals surface area contributed by atoms with Gasteiger partial charge in [0.15, 0.2) is 17.4 Å². The minimum absolute atomic E-state index is 0.0297. The first-order valence-electron chi connectivity index (χ1n) is 9.00. The summed E-state index contributed by atoms with van der Waals surface area (Å²) in [6.45, 7) is 3.59. The lowest BCUT2D eigenvalue weighted by molar-refractivity contribution is 0.0526. The molecule has 0 unspecified atom stereocenters. The van der Waals surface area contributed by atoms with E-state index in [-0.39, 0.29) is 11.8 Å². The van der Waals surface area contributed by atoms with Crippen LogP contribution in [0.3, 0.4) is 0 Å². The molecular formula is C21H21N5O3. The van der Waals surface area contributed by atoms with Gasteiger partial charge >= 0.3 is 5.97 Å². The smallest absolute Gasteiger partial charge is 0.338 e. The minimum Gasteiger partial charge on any atom is -0.462 e. The Labute approximate surface area is 168 Å². The zero-order valence-corrected chi connectivity index (χ0v) is 16.1. The molecule has 0 amide bonds. The summed E-state index contributed by atoms with van der Waals surface area (Å²) in [5.41, 5.74) is 8.95. The number of aromatic nitrogens is 2. The molecule has 0 radical (unpaired) electrons. The molecule has 0 aliphatic rings. The normalized spacial score (nSPS) is 10.3. The zero-order valence-electron chi connectivity index (χ0n) is 16.1. The lowest BCUT2D eigenvalue weighted by Gasteiger charge is -2.13. The fraction of sp³-hybridized carbons (Fsp3) is 0.143. The van der Waals surface area contributed by atoms with Crippen molar-refractivity contribution in [3.8, 4) is 0 Å². The first-order valence-corrected chi connectivity index (χ1v) is 9.00. The molecule has 1 aromatic heterocycles. The maximum atomic E-state index is 11.7. The summed E-state index contributed by atoms with van der Waals surface area (Å²) in [6.07, 6.45) is 1.38. The van der Waals surface area contributed by atoms with Gasteiger partial charge in [-0.3, -0.25) is 4.79 Å². The van der Waals surface area contributed by atoms with Gasteiger partial charge in [-0.2, -0.15) is 0 Å². The van der Waals surface area contributed by atoms with Crippen molar-refractivity contribution >= 4 is 40.5 Å². The Bertz CT molecular complexity index is 1030. The first-order chi connectivity index (χ1) is 14.0. The van der Waals surface area contributed by atoms with Crippen molar-refractivity contribution in [1.29, 1.82) is 0 Å². The van der Waals surface area contributed by atoms with Crippen molar-refractivity contribution in [2.45, 2.75) is 13.8 Å². The van der Waals surface area contributed by atoms with Crippen molar-refractivity contribution in [2.24, 2.45) is 0 Å². The fourth-order valence-corrected chi connectivity index (χ4v) is 2.59. The molecule has 3 rings (SSSR count). The molecule has 3 aromatic rings. The van der Waals surface area contributed by atoms with E-state index < -0.39 is 0 Å². The Kier molecular flexibility index (Phi) is 6.03. The Hall–Kier alpha value is -3.94. The highest BCUT2D eigenvalue weighted by atomic mass is 16.5. The highest BCUT2D eigenvalue weighted by Gasteiger charge is 2.11. The van der Waals surface area contributed by atoms with Gasteiger partial charge in [0.1, 0.15) is 12.0 Å². The number of nitrogens with one attached hydrogen (secondary N) is 2. The number of hydrogen-bond acceptors (Lipinski definition) is 8. The summed E-state index contributed by atoms with van der Waals surface area (Å²) < 4.78 is 4.97. The topological polar surface area (TPSA) is 119 Å². The second-order valence-corrected chi connectivity index (χ2v) is 6.17. The van der Waals surface area contributed by atoms with Crippen LogP contribution in [0.25, 0.3) is 0 Å². The molecule has 0 saturated carbocycles. The van der Waals surface area contributed by atoms with Crippen molar-refractivity contribution < 1.29 is 14.3 Å². The number of anilines is 5. The van der Waals surface area contributed by atoms with Gasteiger partial charge in [-0.1, -0.05) is 12.1 Å². The average molecular weight is 391 g/mol. The third kappa shape index (κ3) is 4.86. The molecule has 2 aromatic carbocycles. The van der Waals surface area contributed by atoms with Gasteiger partial charge in [0.2, 0.25) is 0 Å². The summed E-state index contributed by atoms with van der Waals surface area (Å²) in [6, 6.07) is 13.8. The van der Waals surface area contributed by atoms with E-state index in [1.165, 1.54) is 13.3 Å². The second-order valence-electron chi connectivity index (χ2n) is 6.17. The van der Waals surface area contributed by atoms with Gasteiger partial charge in [-0.15, -0.1) is 0 Å². The van der Waals surface area contributed by atoms with Crippen molar-refractivity contribution in [3.63, 3.8) is 0 Å². The van der Waals surface area contributed by atoms with Crippen molar-refractivity contribution in [1.82, 2.24) is 9.97 Å². The lowest BCUT2D eigenvalue weighted by atomic mass is 10.1. The number of carbonyl (C=O) groups is 2. The number of ether oxygens (including phenoxy) is 1. The molecule has 0 fully saturated rings. The number of hydrogen-bond donors (Lipinski definition) is 3. The van der Waals surface area contributed by atoms with Gasteiger partial charge in [-0.05, 0) is 50.2 Å². The van der Waals surface area contributed by atoms with E-state index in [4.69, 9.17) is 10.5 Å². The quantitative estimate of drug-likeness (QED) is 0.409. The number of Topliss-reactive ketones (excluding diaryl/α,β-unsaturated/α-hetero) is 1. The zero-order chi connectivity index (χ0) is 20.8. The maximum absolute atomic E-state index is 11.7. The number of carbonyl (C=O) groups excluding carboxylic acids is 2. The Morgan fingerprint density at radius 2 is 1.62 bits per heavy atom. The molecule has 8 heteroatoms. The standard InChI is InChI=1S/C21H21N5O3/c1-3-29-21(28)14-7-9-16(10-8-14)25-19-18(22)20(24-12-23-19)26-17-6-4-5-15(11-17)13(2)27/h4-12H,3,22H2,1-2H3,(H2,23,24,25,26). The lowest BCUT2D eigenvalue weighted by Crippen LogP contribution is -2.06. The fourth-order valence-electron chi connectivity index (χ4n) is 2.59. The van der Waals surface area contributed by atoms with E-state index in [2.05, 4.69) is 20.6 Å². The van der Waals surface area contributed by atoms with Crippen LogP contribution in [-0.4, -0.2) is 28.3 Å². The van der Waals surface area contributed by atoms with Crippen molar-refractivity contribution in [3.05, 3.63) is 66.0 Å². The molecule has 29 heavy (non-hydrogen) atoms. The molecule has 8 nitrogen and oxygen atoms in total. The third-order valence-electron chi connectivity index (χ3n) is 4.07. The molecule has 0 spiro atoms. The van der Waals surface area contributed by atoms with Gasteiger partial charge in [0.25, 0.3) is 0 Å². The van der Waals surface area contributed by atoms with E-state index in [1.54, 1.807) is 49.4 Å². The number of nitrogens with zero attached hydrogens (tertiary/aromatic N) is 2. The Morgan fingerprint density at radius 3 is 2.24 bits per heavy atom. The van der Waals surface area contributed by atoms with E-state index in [9.17, 15) is 9.59 Å². The summed E-state index contributed by atoms with van der Waals surface area (Å²) in [5.74, 6) is 0.415. The van der Waals surface area contributed by atoms with E-state index in [0.29, 0.717) is 46.4 Å². The average Bonchev–Trinajstić information content (AvgIpc) is 2.72. The summed E-state index contributed by atoms with van der Waals surface area (Å²) >= 11 is 0. The number of benzene rings is 2. The molecular weight excluding hydrogens is 370 g/mol. The predicted molar refractivity (Wildman–Crippen MR) is 112 cm³/mol. The summed E-state index contributed by atoms with van der Waals surface area (Å²) in [4.78, 5) is 31.7. The van der Waals surface area contributed by atoms with Gasteiger partial charge in [0.05, 0.1) is 12.2 Å². The largest absolute Gasteiger partial charge is 0.462 e. The number of esters is 1. The van der Waals surface area contributed by atoms with Crippen LogP contribution >= 0.6 is 0 Å². The molecule has 0 aliphatic carbocycles. The Balaban J connectivity index is 1.77. The van der Waals surface area contributed by atoms with Crippen LogP contribution in [-0.2, 0) is 4.74 Å². The molecule has 4 N–H and O–H groups in total. The first kappa shape index (κ1) is 19.8. The number of ketones is 1. The maximum Gasteiger partial charge on any atom is 0.338 e. The number of nitrogen functional groups attached to an aromatic ring is 1. The minimum atomic E-state index is -0.375. The molecule has 0 aliphatic heterocycles. The van der Waals surface area contributed by atoms with Gasteiger partial charge in [0, 0.05) is 16.9 Å². The van der Waals surface area contributed by atoms with Crippen molar-refractivity contribution in [2.75, 3.05) is 23.0 Å². The highest BCUT2D eigenvalue weighted by molar-refractivity contribution is 5.95. The molecule has 0 atom stereocenters. The monoisotopic (exact) mass is 391 g/mol. The van der Waals surface area contributed by atoms with E-state index in [0.717, 1.165) is 0 Å². The molecule has 1 heterocycles. The van der Waals surface area contributed by atoms with Crippen LogP contribution in [0.4, 0.5) is 28.7 Å². The van der Waals surface area contributed by atoms with Crippen LogP contribution in [0.2, 0.25) is 0 Å². The van der Waals surface area contributed by atoms with Crippen LogP contribution in [0.1, 0.15) is 34.6 Å². The third-order valence-corrected chi connectivity index (χ3v) is 4.07. The van der Waals surface area contributed by atoms with Crippen LogP contribution < -0.4 is 16.4 Å². The molecule has 0 saturated heterocycles. The predicted octanol–water partition coefficient (Wildman–Crippen LogP) is 3.93. The summed E-state index contributed by atoms with van der Waals surface area (Å²) in [7, 11) is 0.